The van der Waals surface area contributed by atoms with Crippen LogP contribution in [0.1, 0.15) is 35.3 Å². The van der Waals surface area contributed by atoms with E-state index in [0.29, 0.717) is 17.4 Å². The lowest BCUT2D eigenvalue weighted by Gasteiger charge is -2.05. The molecule has 0 aliphatic heterocycles. The van der Waals surface area contributed by atoms with Gasteiger partial charge in [0, 0.05) is 18.5 Å². The molecule has 3 rings (SSSR count). The van der Waals surface area contributed by atoms with Gasteiger partial charge in [-0.3, -0.25) is 4.79 Å². The Labute approximate surface area is 123 Å². The molecule has 108 valence electrons. The number of aromatic nitrogens is 2. The van der Waals surface area contributed by atoms with Crippen LogP contribution >= 0.6 is 0 Å². The van der Waals surface area contributed by atoms with Crippen LogP contribution in [0.2, 0.25) is 0 Å². The molecule has 2 unspecified atom stereocenters. The second-order valence-electron chi connectivity index (χ2n) is 5.15. The summed E-state index contributed by atoms with van der Waals surface area (Å²) in [5.41, 5.74) is 1.63. The quantitative estimate of drug-likeness (QED) is 0.882. The van der Waals surface area contributed by atoms with E-state index in [1.165, 1.54) is 11.8 Å². The van der Waals surface area contributed by atoms with E-state index in [2.05, 4.69) is 32.7 Å². The van der Waals surface area contributed by atoms with E-state index in [4.69, 9.17) is 0 Å². The second kappa shape index (κ2) is 5.91. The number of rotatable bonds is 5. The summed E-state index contributed by atoms with van der Waals surface area (Å²) in [5, 5.41) is 6.06. The molecule has 0 radical (unpaired) electrons. The zero-order chi connectivity index (χ0) is 14.7. The fourth-order valence-corrected chi connectivity index (χ4v) is 2.38. The second-order valence-corrected chi connectivity index (χ2v) is 5.15. The number of carbonyl (C=O) groups is 1. The van der Waals surface area contributed by atoms with Crippen molar-refractivity contribution in [3.8, 4) is 0 Å². The standard InChI is InChI=1S/C16H18N4O/c1-2-17-15-10-18-14(9-19-15)16(21)20-13-8-12(13)11-6-4-3-5-7-11/h3-7,9-10,12-13H,2,8H2,1H3,(H,17,19)(H,20,21). The molecule has 1 aliphatic carbocycles. The fraction of sp³-hybridized carbons (Fsp3) is 0.312. The number of hydrogen-bond acceptors (Lipinski definition) is 4. The van der Waals surface area contributed by atoms with Crippen LogP contribution in [0.5, 0.6) is 0 Å². The van der Waals surface area contributed by atoms with Crippen molar-refractivity contribution in [2.45, 2.75) is 25.3 Å². The normalized spacial score (nSPS) is 19.9. The van der Waals surface area contributed by atoms with Gasteiger partial charge in [-0.2, -0.15) is 0 Å². The first kappa shape index (κ1) is 13.5. The molecule has 1 aromatic heterocycles. The van der Waals surface area contributed by atoms with Crippen LogP contribution in [0.3, 0.4) is 0 Å². The van der Waals surface area contributed by atoms with Gasteiger partial charge in [-0.15, -0.1) is 0 Å². The largest absolute Gasteiger partial charge is 0.369 e. The summed E-state index contributed by atoms with van der Waals surface area (Å²) in [6, 6.07) is 10.5. The van der Waals surface area contributed by atoms with Gasteiger partial charge < -0.3 is 10.6 Å². The van der Waals surface area contributed by atoms with Crippen molar-refractivity contribution in [1.82, 2.24) is 15.3 Å². The molecule has 1 amide bonds. The molecule has 2 aromatic rings. The number of nitrogens with zero attached hydrogens (tertiary/aromatic N) is 2. The minimum Gasteiger partial charge on any atom is -0.369 e. The maximum Gasteiger partial charge on any atom is 0.271 e. The van der Waals surface area contributed by atoms with Crippen molar-refractivity contribution in [2.75, 3.05) is 11.9 Å². The number of anilines is 1. The van der Waals surface area contributed by atoms with Crippen LogP contribution in [-0.2, 0) is 0 Å². The Bertz CT molecular complexity index is 612. The van der Waals surface area contributed by atoms with Crippen molar-refractivity contribution in [3.05, 3.63) is 54.0 Å². The Morgan fingerprint density at radius 3 is 2.71 bits per heavy atom. The number of hydrogen-bond donors (Lipinski definition) is 2. The van der Waals surface area contributed by atoms with Crippen molar-refractivity contribution in [1.29, 1.82) is 0 Å². The van der Waals surface area contributed by atoms with Crippen molar-refractivity contribution >= 4 is 11.7 Å². The molecule has 5 heteroatoms. The first-order chi connectivity index (χ1) is 10.3. The zero-order valence-electron chi connectivity index (χ0n) is 11.9. The first-order valence-electron chi connectivity index (χ1n) is 7.19. The Balaban J connectivity index is 1.58. The molecule has 1 fully saturated rings. The van der Waals surface area contributed by atoms with Crippen molar-refractivity contribution < 1.29 is 4.79 Å². The molecule has 1 aromatic carbocycles. The summed E-state index contributed by atoms with van der Waals surface area (Å²) in [6.07, 6.45) is 4.08. The van der Waals surface area contributed by atoms with Crippen LogP contribution in [0.25, 0.3) is 0 Å². The summed E-state index contributed by atoms with van der Waals surface area (Å²) in [6.45, 7) is 2.76. The average Bonchev–Trinajstić information content (AvgIpc) is 3.28. The van der Waals surface area contributed by atoms with Crippen LogP contribution in [-0.4, -0.2) is 28.5 Å². The maximum absolute atomic E-state index is 12.1. The molecule has 2 atom stereocenters. The van der Waals surface area contributed by atoms with Crippen LogP contribution < -0.4 is 10.6 Å². The summed E-state index contributed by atoms with van der Waals surface area (Å²) in [5.74, 6) is 0.945. The van der Waals surface area contributed by atoms with E-state index in [1.54, 1.807) is 6.20 Å². The molecule has 1 heterocycles. The lowest BCUT2D eigenvalue weighted by molar-refractivity contribution is 0.0945. The lowest BCUT2D eigenvalue weighted by Crippen LogP contribution is -2.27. The molecule has 0 saturated heterocycles. The van der Waals surface area contributed by atoms with Crippen molar-refractivity contribution in [3.63, 3.8) is 0 Å². The Hall–Kier alpha value is -2.43. The monoisotopic (exact) mass is 282 g/mol. The lowest BCUT2D eigenvalue weighted by atomic mass is 10.1. The predicted molar refractivity (Wildman–Crippen MR) is 81.2 cm³/mol. The third-order valence-corrected chi connectivity index (χ3v) is 3.58. The molecule has 5 nitrogen and oxygen atoms in total. The van der Waals surface area contributed by atoms with Gasteiger partial charge in [-0.1, -0.05) is 30.3 Å². The molecular formula is C16H18N4O. The SMILES string of the molecule is CCNc1cnc(C(=O)NC2CC2c2ccccc2)cn1. The number of amides is 1. The van der Waals surface area contributed by atoms with E-state index >= 15 is 0 Å². The molecule has 2 N–H and O–H groups in total. The number of benzene rings is 1. The van der Waals surface area contributed by atoms with Gasteiger partial charge >= 0.3 is 0 Å². The van der Waals surface area contributed by atoms with E-state index < -0.39 is 0 Å². The van der Waals surface area contributed by atoms with Gasteiger partial charge in [0.25, 0.3) is 5.91 Å². The number of nitrogens with one attached hydrogen (secondary N) is 2. The van der Waals surface area contributed by atoms with Crippen LogP contribution in [0, 0.1) is 0 Å². The maximum atomic E-state index is 12.1. The van der Waals surface area contributed by atoms with Gasteiger partial charge in [0.1, 0.15) is 11.5 Å². The van der Waals surface area contributed by atoms with E-state index in [0.717, 1.165) is 13.0 Å². The third-order valence-electron chi connectivity index (χ3n) is 3.58. The minimum absolute atomic E-state index is 0.158. The van der Waals surface area contributed by atoms with Gasteiger partial charge in [-0.05, 0) is 18.9 Å². The van der Waals surface area contributed by atoms with Gasteiger partial charge in [0.15, 0.2) is 0 Å². The fourth-order valence-electron chi connectivity index (χ4n) is 2.38. The van der Waals surface area contributed by atoms with Crippen LogP contribution in [0.15, 0.2) is 42.7 Å². The predicted octanol–water partition coefficient (Wildman–Crippen LogP) is 2.19. The third kappa shape index (κ3) is 3.18. The first-order valence-corrected chi connectivity index (χ1v) is 7.19. The van der Waals surface area contributed by atoms with Gasteiger partial charge in [-0.25, -0.2) is 9.97 Å². The Morgan fingerprint density at radius 2 is 2.05 bits per heavy atom. The highest BCUT2D eigenvalue weighted by molar-refractivity contribution is 5.92. The highest BCUT2D eigenvalue weighted by Crippen LogP contribution is 2.40. The highest BCUT2D eigenvalue weighted by atomic mass is 16.2. The van der Waals surface area contributed by atoms with E-state index in [9.17, 15) is 4.79 Å². The molecule has 0 spiro atoms. The van der Waals surface area contributed by atoms with E-state index in [1.807, 2.05) is 25.1 Å². The van der Waals surface area contributed by atoms with Gasteiger partial charge in [0.05, 0.1) is 12.4 Å². The molecular weight excluding hydrogens is 264 g/mol. The Morgan fingerprint density at radius 1 is 1.24 bits per heavy atom. The van der Waals surface area contributed by atoms with Crippen molar-refractivity contribution in [2.24, 2.45) is 0 Å². The average molecular weight is 282 g/mol. The van der Waals surface area contributed by atoms with Gasteiger partial charge in [0.2, 0.25) is 0 Å². The summed E-state index contributed by atoms with van der Waals surface area (Å²) in [4.78, 5) is 20.4. The smallest absolute Gasteiger partial charge is 0.271 e. The highest BCUT2D eigenvalue weighted by Gasteiger charge is 2.39. The minimum atomic E-state index is -0.158. The molecule has 0 bridgehead atoms. The summed E-state index contributed by atoms with van der Waals surface area (Å²) in [7, 11) is 0. The van der Waals surface area contributed by atoms with E-state index in [-0.39, 0.29) is 11.9 Å². The zero-order valence-corrected chi connectivity index (χ0v) is 11.9. The topological polar surface area (TPSA) is 66.9 Å². The molecule has 1 saturated carbocycles. The molecule has 21 heavy (non-hydrogen) atoms. The number of carbonyl (C=O) groups excluding carboxylic acids is 1. The molecule has 1 aliphatic rings. The van der Waals surface area contributed by atoms with Crippen LogP contribution in [0.4, 0.5) is 5.82 Å². The summed E-state index contributed by atoms with van der Waals surface area (Å²) < 4.78 is 0. The summed E-state index contributed by atoms with van der Waals surface area (Å²) >= 11 is 0. The Kier molecular flexibility index (Phi) is 3.81.